The zero-order valence-corrected chi connectivity index (χ0v) is 16.9. The summed E-state index contributed by atoms with van der Waals surface area (Å²) in [5.41, 5.74) is 2.08. The minimum atomic E-state index is -1.03. The number of aryl methyl sites for hydroxylation is 1. The molecule has 2 heterocycles. The molecule has 1 aromatic heterocycles. The molecule has 0 amide bonds. The third-order valence-corrected chi connectivity index (χ3v) is 5.90. The molecule has 1 aliphatic heterocycles. The topological polar surface area (TPSA) is 81.4 Å². The van der Waals surface area contributed by atoms with Crippen LogP contribution in [0.1, 0.15) is 54.4 Å². The number of carboxylic acids is 1. The molecule has 0 radical (unpaired) electrons. The fourth-order valence-corrected chi connectivity index (χ4v) is 4.32. The highest BCUT2D eigenvalue weighted by Crippen LogP contribution is 2.33. The Hall–Kier alpha value is -2.80. The Morgan fingerprint density at radius 1 is 1.17 bits per heavy atom. The molecule has 158 valence electrons. The van der Waals surface area contributed by atoms with Crippen LogP contribution in [0.5, 0.6) is 0 Å². The largest absolute Gasteiger partial charge is 0.481 e. The van der Waals surface area contributed by atoms with E-state index in [0.29, 0.717) is 18.6 Å². The first-order chi connectivity index (χ1) is 14.5. The van der Waals surface area contributed by atoms with Crippen LogP contribution in [0, 0.1) is 24.6 Å². The van der Waals surface area contributed by atoms with E-state index in [1.54, 1.807) is 22.9 Å². The number of carbonyl (C=O) groups is 2. The molecule has 1 fully saturated rings. The maximum absolute atomic E-state index is 15.0. The van der Waals surface area contributed by atoms with Crippen molar-refractivity contribution in [2.45, 2.75) is 45.3 Å². The lowest BCUT2D eigenvalue weighted by Crippen LogP contribution is -2.31. The van der Waals surface area contributed by atoms with Gasteiger partial charge in [-0.05, 0) is 57.2 Å². The number of nitrogens with zero attached hydrogens (tertiary/aromatic N) is 2. The first-order valence-corrected chi connectivity index (χ1v) is 10.4. The van der Waals surface area contributed by atoms with Crippen LogP contribution < -0.4 is 0 Å². The third-order valence-electron chi connectivity index (χ3n) is 5.90. The third kappa shape index (κ3) is 3.94. The maximum Gasteiger partial charge on any atom is 0.307 e. The van der Waals surface area contributed by atoms with Crippen LogP contribution in [0.2, 0.25) is 0 Å². The summed E-state index contributed by atoms with van der Waals surface area (Å²) in [4.78, 5) is 24.4. The average Bonchev–Trinajstić information content (AvgIpc) is 3.15. The highest BCUT2D eigenvalue weighted by Gasteiger charge is 2.35. The van der Waals surface area contributed by atoms with Crippen LogP contribution >= 0.6 is 0 Å². The molecule has 0 spiro atoms. The summed E-state index contributed by atoms with van der Waals surface area (Å²) < 4.78 is 22.6. The van der Waals surface area contributed by atoms with Crippen molar-refractivity contribution in [3.63, 3.8) is 0 Å². The number of hydrogen-bond donors (Lipinski definition) is 1. The highest BCUT2D eigenvalue weighted by atomic mass is 19.1. The molecule has 2 aromatic rings. The Morgan fingerprint density at radius 3 is 2.60 bits per heavy atom. The number of ketones is 1. The predicted octanol–water partition coefficient (Wildman–Crippen LogP) is 4.55. The summed E-state index contributed by atoms with van der Waals surface area (Å²) in [6.45, 7) is 2.55. The molecular weight excluding hydrogens is 387 g/mol. The van der Waals surface area contributed by atoms with Gasteiger partial charge in [0.2, 0.25) is 0 Å². The maximum atomic E-state index is 15.0. The van der Waals surface area contributed by atoms with E-state index in [0.717, 1.165) is 30.7 Å². The van der Waals surface area contributed by atoms with Gasteiger partial charge in [-0.2, -0.15) is 5.10 Å². The van der Waals surface area contributed by atoms with Crippen molar-refractivity contribution in [1.29, 1.82) is 0 Å². The number of aromatic nitrogens is 2. The van der Waals surface area contributed by atoms with Gasteiger partial charge in [0.25, 0.3) is 0 Å². The van der Waals surface area contributed by atoms with Crippen LogP contribution in [-0.2, 0) is 9.53 Å². The van der Waals surface area contributed by atoms with Crippen LogP contribution in [-0.4, -0.2) is 33.2 Å². The Balaban J connectivity index is 1.64. The molecule has 0 saturated carbocycles. The van der Waals surface area contributed by atoms with Crippen LogP contribution in [0.4, 0.5) is 4.39 Å². The summed E-state index contributed by atoms with van der Waals surface area (Å²) in [5, 5.41) is 14.0. The molecule has 1 aliphatic carbocycles. The predicted molar refractivity (Wildman–Crippen MR) is 109 cm³/mol. The zero-order chi connectivity index (χ0) is 21.3. The van der Waals surface area contributed by atoms with Gasteiger partial charge < -0.3 is 9.84 Å². The van der Waals surface area contributed by atoms with Gasteiger partial charge in [0, 0.05) is 18.1 Å². The van der Waals surface area contributed by atoms with Gasteiger partial charge in [0.05, 0.1) is 22.9 Å². The molecule has 4 rings (SSSR count). The molecule has 0 bridgehead atoms. The summed E-state index contributed by atoms with van der Waals surface area (Å²) in [6, 6.07) is 6.36. The lowest BCUT2D eigenvalue weighted by Gasteiger charge is -2.25. The number of Topliss-reactive ketones (excluding diaryl/α,β-unsaturated/α-hetero) is 1. The van der Waals surface area contributed by atoms with E-state index in [-0.39, 0.29) is 18.2 Å². The number of rotatable bonds is 5. The number of hydrogen-bond acceptors (Lipinski definition) is 4. The van der Waals surface area contributed by atoms with E-state index in [1.165, 1.54) is 12.1 Å². The molecule has 1 unspecified atom stereocenters. The Bertz CT molecular complexity index is 991. The number of allylic oxidation sites excluding steroid dienone is 2. The fourth-order valence-electron chi connectivity index (χ4n) is 4.32. The summed E-state index contributed by atoms with van der Waals surface area (Å²) in [7, 11) is 0. The summed E-state index contributed by atoms with van der Waals surface area (Å²) >= 11 is 0. The van der Waals surface area contributed by atoms with Crippen LogP contribution in [0.25, 0.3) is 11.3 Å². The van der Waals surface area contributed by atoms with Gasteiger partial charge in [0.1, 0.15) is 5.82 Å². The number of benzene rings is 1. The molecule has 3 atom stereocenters. The molecule has 1 N–H and O–H groups in total. The van der Waals surface area contributed by atoms with Crippen molar-refractivity contribution < 1.29 is 23.8 Å². The smallest absolute Gasteiger partial charge is 0.307 e. The second kappa shape index (κ2) is 8.52. The molecule has 30 heavy (non-hydrogen) atoms. The molecule has 1 saturated heterocycles. The number of carbonyl (C=O) groups excluding carboxylic acids is 1. The minimum Gasteiger partial charge on any atom is -0.481 e. The van der Waals surface area contributed by atoms with E-state index in [9.17, 15) is 14.7 Å². The molecule has 6 nitrogen and oxygen atoms in total. The fraction of sp³-hybridized carbons (Fsp3) is 0.435. The van der Waals surface area contributed by atoms with Crippen molar-refractivity contribution in [2.24, 2.45) is 11.8 Å². The molecule has 2 aliphatic rings. The first-order valence-electron chi connectivity index (χ1n) is 10.4. The SMILES string of the molecule is Cc1cc(-c2ccc(C(=O)[C@H]3CC=CC[C@@H]3C(=O)O)c(F)c2)n(C2CCCCO2)n1. The van der Waals surface area contributed by atoms with E-state index < -0.39 is 29.4 Å². The lowest BCUT2D eigenvalue weighted by atomic mass is 9.78. The normalized spacial score (nSPS) is 24.0. The number of halogens is 1. The molecule has 7 heteroatoms. The van der Waals surface area contributed by atoms with Gasteiger partial charge >= 0.3 is 5.97 Å². The minimum absolute atomic E-state index is 0.0676. The monoisotopic (exact) mass is 412 g/mol. The second-order valence-electron chi connectivity index (χ2n) is 7.99. The van der Waals surface area contributed by atoms with E-state index >= 15 is 4.39 Å². The van der Waals surface area contributed by atoms with Gasteiger partial charge in [-0.3, -0.25) is 9.59 Å². The van der Waals surface area contributed by atoms with Crippen molar-refractivity contribution in [3.05, 3.63) is 53.5 Å². The second-order valence-corrected chi connectivity index (χ2v) is 7.99. The van der Waals surface area contributed by atoms with E-state index in [4.69, 9.17) is 4.74 Å². The number of aliphatic carboxylic acids is 1. The number of ether oxygens (including phenoxy) is 1. The van der Waals surface area contributed by atoms with Crippen molar-refractivity contribution in [3.8, 4) is 11.3 Å². The average molecular weight is 412 g/mol. The Labute approximate surface area is 174 Å². The summed E-state index contributed by atoms with van der Waals surface area (Å²) in [5.74, 6) is -3.71. The first kappa shape index (κ1) is 20.5. The van der Waals surface area contributed by atoms with E-state index in [2.05, 4.69) is 5.10 Å². The van der Waals surface area contributed by atoms with Gasteiger partial charge in [-0.25, -0.2) is 9.07 Å². The van der Waals surface area contributed by atoms with Gasteiger partial charge in [0.15, 0.2) is 12.0 Å². The standard InChI is InChI=1S/C23H25FN2O4/c1-14-12-20(26(25-14)21-8-4-5-11-30-21)15-9-10-18(19(24)13-15)22(27)16-6-2-3-7-17(16)23(28)29/h2-3,9-10,12-13,16-17,21H,4-8,11H2,1H3,(H,28,29)/t16-,17-,21?/m0/s1. The van der Waals surface area contributed by atoms with Crippen molar-refractivity contribution in [1.82, 2.24) is 9.78 Å². The Kier molecular flexibility index (Phi) is 5.81. The van der Waals surface area contributed by atoms with Crippen LogP contribution in [0.15, 0.2) is 36.4 Å². The number of carboxylic acid groups (broad SMARTS) is 1. The van der Waals surface area contributed by atoms with Gasteiger partial charge in [-0.1, -0.05) is 18.2 Å². The van der Waals surface area contributed by atoms with Gasteiger partial charge in [-0.15, -0.1) is 0 Å². The summed E-state index contributed by atoms with van der Waals surface area (Å²) in [6.07, 6.45) is 6.87. The van der Waals surface area contributed by atoms with Crippen molar-refractivity contribution in [2.75, 3.05) is 6.61 Å². The quantitative estimate of drug-likeness (QED) is 0.576. The zero-order valence-electron chi connectivity index (χ0n) is 16.9. The molecule has 1 aromatic carbocycles. The van der Waals surface area contributed by atoms with Crippen LogP contribution in [0.3, 0.4) is 0 Å². The Morgan fingerprint density at radius 2 is 1.93 bits per heavy atom. The highest BCUT2D eigenvalue weighted by molar-refractivity contribution is 6.00. The van der Waals surface area contributed by atoms with E-state index in [1.807, 2.05) is 13.0 Å². The lowest BCUT2D eigenvalue weighted by molar-refractivity contribution is -0.143. The molecular formula is C23H25FN2O4. The van der Waals surface area contributed by atoms with Crippen molar-refractivity contribution >= 4 is 11.8 Å².